The van der Waals surface area contributed by atoms with E-state index in [0.717, 1.165) is 32.8 Å². The minimum absolute atomic E-state index is 0.445. The molecule has 3 heteroatoms. The summed E-state index contributed by atoms with van der Waals surface area (Å²) in [6, 6.07) is 22.7. The van der Waals surface area contributed by atoms with Gasteiger partial charge in [0.25, 0.3) is 0 Å². The quantitative estimate of drug-likeness (QED) is 0.819. The SMILES string of the molecule is c1ccc(C(CN2CCC[C@@H](N3CCOCC3)C2)c2ccccc2)cc1. The van der Waals surface area contributed by atoms with Gasteiger partial charge in [0, 0.05) is 38.1 Å². The van der Waals surface area contributed by atoms with E-state index in [0.29, 0.717) is 12.0 Å². The van der Waals surface area contributed by atoms with Crippen LogP contribution in [0.25, 0.3) is 0 Å². The van der Waals surface area contributed by atoms with Gasteiger partial charge in [-0.15, -0.1) is 0 Å². The topological polar surface area (TPSA) is 15.7 Å². The molecule has 0 bridgehead atoms. The van der Waals surface area contributed by atoms with Gasteiger partial charge < -0.3 is 9.64 Å². The highest BCUT2D eigenvalue weighted by molar-refractivity contribution is 5.32. The normalized spacial score (nSPS) is 22.6. The van der Waals surface area contributed by atoms with E-state index < -0.39 is 0 Å². The van der Waals surface area contributed by atoms with Gasteiger partial charge in [0.1, 0.15) is 0 Å². The molecule has 0 amide bonds. The van der Waals surface area contributed by atoms with Gasteiger partial charge in [-0.1, -0.05) is 60.7 Å². The molecule has 2 heterocycles. The number of nitrogens with zero attached hydrogens (tertiary/aromatic N) is 2. The molecule has 0 spiro atoms. The zero-order chi connectivity index (χ0) is 17.6. The van der Waals surface area contributed by atoms with Crippen LogP contribution in [0.1, 0.15) is 29.9 Å². The molecule has 0 saturated carbocycles. The first-order valence-electron chi connectivity index (χ1n) is 10.0. The van der Waals surface area contributed by atoms with Crippen LogP contribution < -0.4 is 0 Å². The number of ether oxygens (including phenoxy) is 1. The number of hydrogen-bond donors (Lipinski definition) is 0. The van der Waals surface area contributed by atoms with E-state index in [4.69, 9.17) is 4.74 Å². The third kappa shape index (κ3) is 4.35. The minimum Gasteiger partial charge on any atom is -0.379 e. The van der Waals surface area contributed by atoms with Gasteiger partial charge in [0.05, 0.1) is 13.2 Å². The lowest BCUT2D eigenvalue weighted by Crippen LogP contribution is -2.52. The van der Waals surface area contributed by atoms with Crippen LogP contribution in [-0.4, -0.2) is 61.8 Å². The van der Waals surface area contributed by atoms with Crippen LogP contribution in [-0.2, 0) is 4.74 Å². The maximum atomic E-state index is 5.54. The maximum absolute atomic E-state index is 5.54. The van der Waals surface area contributed by atoms with Gasteiger partial charge in [-0.25, -0.2) is 0 Å². The molecule has 2 fully saturated rings. The van der Waals surface area contributed by atoms with E-state index in [2.05, 4.69) is 70.5 Å². The van der Waals surface area contributed by atoms with E-state index in [9.17, 15) is 0 Å². The molecule has 26 heavy (non-hydrogen) atoms. The molecule has 2 aliphatic heterocycles. The van der Waals surface area contributed by atoms with Crippen LogP contribution in [0.5, 0.6) is 0 Å². The van der Waals surface area contributed by atoms with Crippen LogP contribution in [0.3, 0.4) is 0 Å². The maximum Gasteiger partial charge on any atom is 0.0594 e. The van der Waals surface area contributed by atoms with Gasteiger partial charge in [-0.2, -0.15) is 0 Å². The molecule has 2 aliphatic rings. The van der Waals surface area contributed by atoms with Crippen LogP contribution in [0.15, 0.2) is 60.7 Å². The highest BCUT2D eigenvalue weighted by Gasteiger charge is 2.28. The summed E-state index contributed by atoms with van der Waals surface area (Å²) >= 11 is 0. The molecule has 2 aromatic rings. The molecular formula is C23H30N2O. The van der Waals surface area contributed by atoms with Crippen molar-refractivity contribution in [3.63, 3.8) is 0 Å². The summed E-state index contributed by atoms with van der Waals surface area (Å²) in [5.41, 5.74) is 2.85. The molecule has 0 aliphatic carbocycles. The molecule has 0 N–H and O–H groups in total. The average Bonchev–Trinajstić information content (AvgIpc) is 2.74. The van der Waals surface area contributed by atoms with Crippen molar-refractivity contribution in [2.45, 2.75) is 24.8 Å². The van der Waals surface area contributed by atoms with E-state index in [1.165, 1.54) is 37.1 Å². The Morgan fingerprint density at radius 3 is 2.08 bits per heavy atom. The fourth-order valence-corrected chi connectivity index (χ4v) is 4.47. The molecule has 3 nitrogen and oxygen atoms in total. The summed E-state index contributed by atoms with van der Waals surface area (Å²) in [5, 5.41) is 0. The van der Waals surface area contributed by atoms with Crippen molar-refractivity contribution in [2.24, 2.45) is 0 Å². The molecule has 4 rings (SSSR count). The summed E-state index contributed by atoms with van der Waals surface area (Å²) in [5.74, 6) is 0.445. The molecule has 0 aromatic heterocycles. The first-order chi connectivity index (χ1) is 12.9. The standard InChI is InChI=1S/C23H30N2O/c1-3-8-20(9-4-1)23(21-10-5-2-6-11-21)19-24-13-7-12-22(18-24)25-14-16-26-17-15-25/h1-6,8-11,22-23H,7,12-19H2/t22-/m1/s1. The predicted octanol–water partition coefficient (Wildman–Crippen LogP) is 3.62. The van der Waals surface area contributed by atoms with Gasteiger partial charge in [0.2, 0.25) is 0 Å². The van der Waals surface area contributed by atoms with Crippen LogP contribution in [0.2, 0.25) is 0 Å². The number of benzene rings is 2. The lowest BCUT2D eigenvalue weighted by atomic mass is 9.90. The second-order valence-electron chi connectivity index (χ2n) is 7.58. The molecule has 2 saturated heterocycles. The summed E-state index contributed by atoms with van der Waals surface area (Å²) < 4.78 is 5.54. The monoisotopic (exact) mass is 350 g/mol. The minimum atomic E-state index is 0.445. The Hall–Kier alpha value is -1.68. The van der Waals surface area contributed by atoms with Crippen molar-refractivity contribution in [2.75, 3.05) is 45.9 Å². The second-order valence-corrected chi connectivity index (χ2v) is 7.58. The van der Waals surface area contributed by atoms with Crippen molar-refractivity contribution in [3.8, 4) is 0 Å². The van der Waals surface area contributed by atoms with E-state index in [1.807, 2.05) is 0 Å². The van der Waals surface area contributed by atoms with Gasteiger partial charge in [-0.05, 0) is 30.5 Å². The Morgan fingerprint density at radius 1 is 0.846 bits per heavy atom. The van der Waals surface area contributed by atoms with E-state index in [-0.39, 0.29) is 0 Å². The largest absolute Gasteiger partial charge is 0.379 e. The first-order valence-corrected chi connectivity index (χ1v) is 10.0. The van der Waals surface area contributed by atoms with Crippen LogP contribution >= 0.6 is 0 Å². The van der Waals surface area contributed by atoms with E-state index in [1.54, 1.807) is 0 Å². The summed E-state index contributed by atoms with van der Waals surface area (Å²) in [4.78, 5) is 5.34. The highest BCUT2D eigenvalue weighted by atomic mass is 16.5. The Labute approximate surface area is 157 Å². The third-order valence-corrected chi connectivity index (χ3v) is 5.89. The molecular weight excluding hydrogens is 320 g/mol. The zero-order valence-electron chi connectivity index (χ0n) is 15.6. The Morgan fingerprint density at radius 2 is 1.46 bits per heavy atom. The van der Waals surface area contributed by atoms with Crippen LogP contribution in [0, 0.1) is 0 Å². The number of hydrogen-bond acceptors (Lipinski definition) is 3. The molecule has 138 valence electrons. The van der Waals surface area contributed by atoms with Crippen molar-refractivity contribution in [3.05, 3.63) is 71.8 Å². The fourth-order valence-electron chi connectivity index (χ4n) is 4.47. The van der Waals surface area contributed by atoms with Crippen LogP contribution in [0.4, 0.5) is 0 Å². The van der Waals surface area contributed by atoms with Gasteiger partial charge in [-0.3, -0.25) is 4.90 Å². The summed E-state index contributed by atoms with van der Waals surface area (Å²) in [6.07, 6.45) is 2.64. The number of rotatable bonds is 5. The average molecular weight is 351 g/mol. The number of likely N-dealkylation sites (tertiary alicyclic amines) is 1. The lowest BCUT2D eigenvalue weighted by molar-refractivity contribution is -0.00287. The third-order valence-electron chi connectivity index (χ3n) is 5.89. The Bertz CT molecular complexity index is 615. The summed E-state index contributed by atoms with van der Waals surface area (Å²) in [6.45, 7) is 7.50. The van der Waals surface area contributed by atoms with Gasteiger partial charge >= 0.3 is 0 Å². The van der Waals surface area contributed by atoms with Gasteiger partial charge in [0.15, 0.2) is 0 Å². The molecule has 2 aromatic carbocycles. The van der Waals surface area contributed by atoms with E-state index >= 15 is 0 Å². The summed E-state index contributed by atoms with van der Waals surface area (Å²) in [7, 11) is 0. The lowest BCUT2D eigenvalue weighted by Gasteiger charge is -2.42. The Balaban J connectivity index is 1.48. The van der Waals surface area contributed by atoms with Crippen molar-refractivity contribution >= 4 is 0 Å². The highest BCUT2D eigenvalue weighted by Crippen LogP contribution is 2.27. The molecule has 1 atom stereocenters. The number of morpholine rings is 1. The number of piperidine rings is 1. The zero-order valence-corrected chi connectivity index (χ0v) is 15.6. The Kier molecular flexibility index (Phi) is 6.00. The van der Waals surface area contributed by atoms with Crippen molar-refractivity contribution in [1.29, 1.82) is 0 Å². The molecule has 0 radical (unpaired) electrons. The fraction of sp³-hybridized carbons (Fsp3) is 0.478. The van der Waals surface area contributed by atoms with Crippen molar-refractivity contribution < 1.29 is 4.74 Å². The predicted molar refractivity (Wildman–Crippen MR) is 107 cm³/mol. The first kappa shape index (κ1) is 17.7. The van der Waals surface area contributed by atoms with Crippen molar-refractivity contribution in [1.82, 2.24) is 9.80 Å². The smallest absolute Gasteiger partial charge is 0.0594 e. The second kappa shape index (κ2) is 8.81. The molecule has 0 unspecified atom stereocenters.